The predicted octanol–water partition coefficient (Wildman–Crippen LogP) is -3.23. The third-order valence-electron chi connectivity index (χ3n) is 6.36. The molecule has 17 heteroatoms. The first-order chi connectivity index (χ1) is 20.3. The van der Waals surface area contributed by atoms with Crippen LogP contribution >= 0.6 is 0 Å². The fourth-order valence-electron chi connectivity index (χ4n) is 4.18. The molecule has 15 N–H and O–H groups in total. The number of amides is 5. The van der Waals surface area contributed by atoms with Crippen LogP contribution in [0, 0.1) is 0 Å². The maximum absolute atomic E-state index is 13.2. The lowest BCUT2D eigenvalue weighted by Gasteiger charge is -2.24. The molecular formula is C26H38N10O7. The molecule has 0 bridgehead atoms. The normalized spacial score (nSPS) is 13.6. The molecule has 234 valence electrons. The van der Waals surface area contributed by atoms with Crippen LogP contribution in [-0.4, -0.2) is 82.3 Å². The van der Waals surface area contributed by atoms with E-state index in [0.29, 0.717) is 0 Å². The van der Waals surface area contributed by atoms with E-state index in [2.05, 4.69) is 25.9 Å². The molecule has 1 heterocycles. The second-order valence-corrected chi connectivity index (χ2v) is 9.82. The smallest absolute Gasteiger partial charge is 0.326 e. The topological polar surface area (TPSA) is 317 Å². The second kappa shape index (κ2) is 16.3. The van der Waals surface area contributed by atoms with E-state index in [1.54, 1.807) is 6.20 Å². The van der Waals surface area contributed by atoms with Gasteiger partial charge in [-0.1, -0.05) is 18.2 Å². The zero-order valence-corrected chi connectivity index (χ0v) is 23.4. The first-order valence-electron chi connectivity index (χ1n) is 13.3. The summed E-state index contributed by atoms with van der Waals surface area (Å²) in [5.74, 6) is -5.96. The lowest BCUT2D eigenvalue weighted by Crippen LogP contribution is -2.58. The summed E-state index contributed by atoms with van der Waals surface area (Å²) in [6, 6.07) is 1.90. The largest absolute Gasteiger partial charge is 0.480 e. The van der Waals surface area contributed by atoms with E-state index in [4.69, 9.17) is 28.7 Å². The number of hydrogen-bond acceptors (Lipinski definition) is 8. The number of aliphatic imine (C=N–C) groups is 1. The monoisotopic (exact) mass is 602 g/mol. The Morgan fingerprint density at radius 1 is 0.837 bits per heavy atom. The van der Waals surface area contributed by atoms with Crippen molar-refractivity contribution in [1.29, 1.82) is 0 Å². The second-order valence-electron chi connectivity index (χ2n) is 9.82. The molecule has 43 heavy (non-hydrogen) atoms. The number of benzene rings is 1. The minimum absolute atomic E-state index is 0.0526. The van der Waals surface area contributed by atoms with Crippen LogP contribution in [0.3, 0.4) is 0 Å². The molecule has 4 unspecified atom stereocenters. The molecular weight excluding hydrogens is 564 g/mol. The van der Waals surface area contributed by atoms with Gasteiger partial charge >= 0.3 is 5.97 Å². The Balaban J connectivity index is 2.13. The van der Waals surface area contributed by atoms with Gasteiger partial charge in [-0.3, -0.25) is 29.0 Å². The molecule has 0 aliphatic rings. The van der Waals surface area contributed by atoms with E-state index >= 15 is 0 Å². The fourth-order valence-corrected chi connectivity index (χ4v) is 4.18. The Morgan fingerprint density at radius 3 is 2.09 bits per heavy atom. The number of rotatable bonds is 18. The third-order valence-corrected chi connectivity index (χ3v) is 6.36. The Bertz CT molecular complexity index is 1350. The summed E-state index contributed by atoms with van der Waals surface area (Å²) in [5.41, 5.74) is 28.7. The molecule has 17 nitrogen and oxygen atoms in total. The zero-order valence-electron chi connectivity index (χ0n) is 23.4. The quantitative estimate of drug-likeness (QED) is 0.0462. The minimum atomic E-state index is -1.53. The predicted molar refractivity (Wildman–Crippen MR) is 156 cm³/mol. The van der Waals surface area contributed by atoms with Crippen molar-refractivity contribution in [3.05, 3.63) is 36.0 Å². The molecule has 1 aromatic heterocycles. The molecule has 1 aromatic carbocycles. The maximum Gasteiger partial charge on any atom is 0.326 e. The summed E-state index contributed by atoms with van der Waals surface area (Å²) in [7, 11) is 0. The van der Waals surface area contributed by atoms with Gasteiger partial charge in [0.25, 0.3) is 0 Å². The molecule has 2 rings (SSSR count). The Labute approximate surface area is 246 Å². The number of nitrogens with two attached hydrogens (primary N) is 5. The van der Waals surface area contributed by atoms with Gasteiger partial charge in [0.1, 0.15) is 18.1 Å². The van der Waals surface area contributed by atoms with Crippen LogP contribution in [0.4, 0.5) is 0 Å². The van der Waals surface area contributed by atoms with E-state index in [1.165, 1.54) is 0 Å². The highest BCUT2D eigenvalue weighted by molar-refractivity contribution is 5.96. The van der Waals surface area contributed by atoms with Gasteiger partial charge in [-0.15, -0.1) is 0 Å². The molecule has 0 aliphatic heterocycles. The van der Waals surface area contributed by atoms with Gasteiger partial charge in [-0.25, -0.2) is 4.79 Å². The van der Waals surface area contributed by atoms with Crippen molar-refractivity contribution in [1.82, 2.24) is 20.9 Å². The van der Waals surface area contributed by atoms with Crippen LogP contribution in [0.2, 0.25) is 0 Å². The zero-order chi connectivity index (χ0) is 32.1. The number of H-pyrrole nitrogens is 1. The van der Waals surface area contributed by atoms with E-state index in [-0.39, 0.29) is 44.6 Å². The van der Waals surface area contributed by atoms with Crippen molar-refractivity contribution in [3.8, 4) is 0 Å². The Morgan fingerprint density at radius 2 is 1.47 bits per heavy atom. The lowest BCUT2D eigenvalue weighted by molar-refractivity contribution is -0.142. The Hall–Kier alpha value is -5.19. The molecule has 0 saturated carbocycles. The summed E-state index contributed by atoms with van der Waals surface area (Å²) in [6.07, 6.45) is 0.683. The first-order valence-corrected chi connectivity index (χ1v) is 13.3. The van der Waals surface area contributed by atoms with Crippen LogP contribution in [0.25, 0.3) is 10.9 Å². The first kappa shape index (κ1) is 34.0. The van der Waals surface area contributed by atoms with Gasteiger partial charge in [0.2, 0.25) is 29.5 Å². The number of fused-ring (bicyclic) bond motifs is 1. The number of hydrogen-bond donors (Lipinski definition) is 10. The SMILES string of the molecule is NC(=O)CCC(NC(=O)C(CC(N)=O)NC(=O)C(N)Cc1c[nH]c2ccccc12)C(=O)NC(CCCN=C(N)N)C(=O)O. The average molecular weight is 603 g/mol. The van der Waals surface area contributed by atoms with Crippen LogP contribution in [-0.2, 0) is 35.2 Å². The number of primary amides is 2. The number of aliphatic carboxylic acids is 1. The molecule has 0 spiro atoms. The van der Waals surface area contributed by atoms with Crippen LogP contribution < -0.4 is 44.6 Å². The average Bonchev–Trinajstić information content (AvgIpc) is 3.33. The molecule has 0 fully saturated rings. The number of nitrogens with zero attached hydrogens (tertiary/aromatic N) is 1. The number of carboxylic acid groups (broad SMARTS) is 1. The molecule has 4 atom stereocenters. The van der Waals surface area contributed by atoms with Gasteiger partial charge in [0, 0.05) is 30.1 Å². The van der Waals surface area contributed by atoms with E-state index in [9.17, 15) is 33.9 Å². The van der Waals surface area contributed by atoms with Crippen LogP contribution in [0.5, 0.6) is 0 Å². The fraction of sp³-hybridized carbons (Fsp3) is 0.423. The van der Waals surface area contributed by atoms with Crippen LogP contribution in [0.15, 0.2) is 35.5 Å². The van der Waals surface area contributed by atoms with Crippen molar-refractivity contribution >= 4 is 52.4 Å². The van der Waals surface area contributed by atoms with Gasteiger partial charge in [0.05, 0.1) is 12.5 Å². The number of guanidine groups is 1. The van der Waals surface area contributed by atoms with Gasteiger partial charge in [-0.2, -0.15) is 0 Å². The van der Waals surface area contributed by atoms with Gasteiger partial charge in [0.15, 0.2) is 5.96 Å². The summed E-state index contributed by atoms with van der Waals surface area (Å²) < 4.78 is 0. The van der Waals surface area contributed by atoms with Crippen molar-refractivity contribution in [2.24, 2.45) is 33.7 Å². The van der Waals surface area contributed by atoms with Gasteiger partial charge in [-0.05, 0) is 37.3 Å². The molecule has 2 aromatic rings. The number of para-hydroxylation sites is 1. The van der Waals surface area contributed by atoms with E-state index < -0.39 is 66.1 Å². The summed E-state index contributed by atoms with van der Waals surface area (Å²) in [4.78, 5) is 80.7. The number of carbonyl (C=O) groups is 6. The van der Waals surface area contributed by atoms with Crippen molar-refractivity contribution in [2.75, 3.05) is 6.54 Å². The van der Waals surface area contributed by atoms with E-state index in [1.807, 2.05) is 24.3 Å². The highest BCUT2D eigenvalue weighted by Gasteiger charge is 2.31. The molecule has 0 radical (unpaired) electrons. The van der Waals surface area contributed by atoms with Crippen molar-refractivity contribution in [2.45, 2.75) is 62.7 Å². The van der Waals surface area contributed by atoms with Crippen LogP contribution in [0.1, 0.15) is 37.7 Å². The van der Waals surface area contributed by atoms with Crippen molar-refractivity contribution in [3.63, 3.8) is 0 Å². The standard InChI is InChI=1S/C26H38N10O7/c27-15(10-13-12-33-16-5-2-1-4-14(13)16)22(39)36-19(11-21(29)38)24(41)34-17(7-8-20(28)37)23(40)35-18(25(42)43)6-3-9-32-26(30)31/h1-2,4-5,12,15,17-19,33H,3,6-11,27H2,(H2,28,37)(H2,29,38)(H,34,41)(H,35,40)(H,36,39)(H,42,43)(H4,30,31,32). The summed E-state index contributed by atoms with van der Waals surface area (Å²) in [6.45, 7) is 0.112. The number of nitrogens with one attached hydrogen (secondary N) is 4. The highest BCUT2D eigenvalue weighted by atomic mass is 16.4. The number of aromatic amines is 1. The molecule has 0 saturated heterocycles. The number of carbonyl (C=O) groups excluding carboxylic acids is 5. The minimum Gasteiger partial charge on any atom is -0.480 e. The van der Waals surface area contributed by atoms with Gasteiger partial charge < -0.3 is 54.7 Å². The summed E-state index contributed by atoms with van der Waals surface area (Å²) >= 11 is 0. The summed E-state index contributed by atoms with van der Waals surface area (Å²) in [5, 5.41) is 17.4. The number of aromatic nitrogens is 1. The maximum atomic E-state index is 13.2. The molecule has 0 aliphatic carbocycles. The highest BCUT2D eigenvalue weighted by Crippen LogP contribution is 2.18. The molecule has 5 amide bonds. The Kier molecular flexibility index (Phi) is 12.9. The number of carboxylic acids is 1. The lowest BCUT2D eigenvalue weighted by atomic mass is 10.0. The van der Waals surface area contributed by atoms with E-state index in [0.717, 1.165) is 16.5 Å². The van der Waals surface area contributed by atoms with Crippen molar-refractivity contribution < 1.29 is 33.9 Å². The third kappa shape index (κ3) is 11.3.